The van der Waals surface area contributed by atoms with Gasteiger partial charge in [-0.1, -0.05) is 80.2 Å². The number of hydrogen-bond donors (Lipinski definition) is 2. The van der Waals surface area contributed by atoms with E-state index in [0.717, 1.165) is 93.2 Å². The van der Waals surface area contributed by atoms with Gasteiger partial charge in [-0.2, -0.15) is 0 Å². The molecule has 3 saturated heterocycles. The number of likely N-dealkylation sites (N-methyl/N-ethyl adjacent to an activating group) is 2. The highest BCUT2D eigenvalue weighted by Gasteiger charge is 2.51. The lowest BCUT2D eigenvalue weighted by Gasteiger charge is -2.32. The Hall–Kier alpha value is -6.19. The minimum Gasteiger partial charge on any atom is -0.492 e. The van der Waals surface area contributed by atoms with Crippen molar-refractivity contribution in [2.75, 3.05) is 99.9 Å². The van der Waals surface area contributed by atoms with E-state index in [-0.39, 0.29) is 73.1 Å². The van der Waals surface area contributed by atoms with Gasteiger partial charge in [-0.25, -0.2) is 17.6 Å². The average molecular weight is 1220 g/mol. The van der Waals surface area contributed by atoms with E-state index in [1.54, 1.807) is 48.5 Å². The summed E-state index contributed by atoms with van der Waals surface area (Å²) in [6.45, 7) is 20.0. The number of hydrogen-bond acceptors (Lipinski definition) is 10. The Bertz CT molecular complexity index is 2960. The number of alkyl halides is 1. The molecule has 3 fully saturated rings. The molecule has 0 spiro atoms. The minimum atomic E-state index is -1.00. The fourth-order valence-electron chi connectivity index (χ4n) is 8.88. The lowest BCUT2D eigenvalue weighted by Crippen LogP contribution is -2.45. The van der Waals surface area contributed by atoms with Crippen LogP contribution >= 0.6 is 15.9 Å². The van der Waals surface area contributed by atoms with Crippen LogP contribution in [0.5, 0.6) is 11.5 Å². The summed E-state index contributed by atoms with van der Waals surface area (Å²) < 4.78 is 93.8. The molecule has 6 aromatic rings. The second kappa shape index (κ2) is 33.3. The van der Waals surface area contributed by atoms with Gasteiger partial charge in [0, 0.05) is 96.2 Å². The van der Waals surface area contributed by atoms with Crippen LogP contribution in [0.15, 0.2) is 138 Å². The molecular weight excluding hydrogens is 1130 g/mol. The largest absolute Gasteiger partial charge is 0.494 e. The van der Waals surface area contributed by atoms with E-state index in [1.807, 2.05) is 76.2 Å². The zero-order valence-corrected chi connectivity index (χ0v) is 49.4. The van der Waals surface area contributed by atoms with E-state index < -0.39 is 14.3 Å². The zero-order valence-electron chi connectivity index (χ0n) is 48.8. The van der Waals surface area contributed by atoms with Gasteiger partial charge in [0.15, 0.2) is 0 Å². The molecule has 6 aromatic carbocycles. The van der Waals surface area contributed by atoms with Crippen LogP contribution in [-0.2, 0) is 44.8 Å². The first-order chi connectivity index (χ1) is 39.7. The van der Waals surface area contributed by atoms with Crippen LogP contribution in [0.1, 0.15) is 58.7 Å². The molecule has 3 heterocycles. The van der Waals surface area contributed by atoms with Gasteiger partial charge >= 0.3 is 7.12 Å². The number of nitrogens with zero attached hydrogens (tertiary/aromatic N) is 4. The number of halogens is 6. The van der Waals surface area contributed by atoms with Gasteiger partial charge in [-0.3, -0.25) is 23.8 Å². The number of nitrogens with one attached hydrogen (secondary N) is 2. The summed E-state index contributed by atoms with van der Waals surface area (Å²) in [4.78, 5) is 33.7. The Labute approximate surface area is 498 Å². The number of carbonyl (C=O) groups excluding carboxylic acids is 2. The quantitative estimate of drug-likeness (QED) is 0.0638. The molecule has 12 nitrogen and oxygen atoms in total. The van der Waals surface area contributed by atoms with Gasteiger partial charge in [0.25, 0.3) is 0 Å². The average Bonchev–Trinajstić information content (AvgIpc) is 3.26. The van der Waals surface area contributed by atoms with E-state index in [9.17, 15) is 31.5 Å². The summed E-state index contributed by atoms with van der Waals surface area (Å²) in [7, 11) is 2.85. The second-order valence-corrected chi connectivity index (χ2v) is 22.3. The van der Waals surface area contributed by atoms with Gasteiger partial charge in [-0.05, 0) is 140 Å². The Kier molecular flexibility index (Phi) is 26.5. The maximum absolute atomic E-state index is 14.8. The second-order valence-electron chi connectivity index (χ2n) is 21.4. The minimum absolute atomic E-state index is 0. The van der Waals surface area contributed by atoms with Crippen LogP contribution in [0.4, 0.5) is 22.0 Å². The highest BCUT2D eigenvalue weighted by Crippen LogP contribution is 2.36. The first-order valence-electron chi connectivity index (χ1n) is 28.1. The van der Waals surface area contributed by atoms with Gasteiger partial charge in [0.05, 0.1) is 37.0 Å². The maximum atomic E-state index is 14.8. The van der Waals surface area contributed by atoms with E-state index in [2.05, 4.69) is 60.3 Å². The molecule has 0 unspecified atom stereocenters. The maximum Gasteiger partial charge on any atom is 0.494 e. The third-order valence-electron chi connectivity index (χ3n) is 14.6. The Balaban J connectivity index is 0.000000234. The lowest BCUT2D eigenvalue weighted by molar-refractivity contribution is -0.121. The molecule has 83 heavy (non-hydrogen) atoms. The zero-order chi connectivity index (χ0) is 59.9. The summed E-state index contributed by atoms with van der Waals surface area (Å²) >= 11 is 3.12. The molecule has 0 bridgehead atoms. The molecule has 0 radical (unpaired) electrons. The summed E-state index contributed by atoms with van der Waals surface area (Å²) in [6.07, 6.45) is 0.455. The number of benzene rings is 6. The van der Waals surface area contributed by atoms with Crippen molar-refractivity contribution in [2.45, 2.75) is 72.3 Å². The molecule has 0 atom stereocenters. The van der Waals surface area contributed by atoms with Crippen LogP contribution < -0.4 is 25.6 Å². The van der Waals surface area contributed by atoms with Crippen molar-refractivity contribution >= 4 is 40.3 Å². The van der Waals surface area contributed by atoms with Gasteiger partial charge in [0.2, 0.25) is 11.8 Å². The molecule has 3 aliphatic rings. The van der Waals surface area contributed by atoms with Gasteiger partial charge < -0.3 is 39.2 Å². The van der Waals surface area contributed by atoms with Crippen LogP contribution in [0.25, 0.3) is 11.1 Å². The van der Waals surface area contributed by atoms with Crippen molar-refractivity contribution < 1.29 is 51.7 Å². The van der Waals surface area contributed by atoms with Crippen molar-refractivity contribution in [3.05, 3.63) is 183 Å². The summed E-state index contributed by atoms with van der Waals surface area (Å²) in [5.41, 5.74) is 4.53. The molecule has 448 valence electrons. The summed E-state index contributed by atoms with van der Waals surface area (Å²) in [6, 6.07) is 37.0. The Morgan fingerprint density at radius 2 is 1.01 bits per heavy atom. The first-order valence-corrected chi connectivity index (χ1v) is 28.2. The number of carbonyl (C=O) groups is 2. The van der Waals surface area contributed by atoms with Crippen molar-refractivity contribution in [3.8, 4) is 22.6 Å². The van der Waals surface area contributed by atoms with Crippen molar-refractivity contribution in [1.82, 2.24) is 30.2 Å². The Morgan fingerprint density at radius 3 is 1.43 bits per heavy atom. The number of rotatable bonds is 18. The molecule has 0 aliphatic carbocycles. The number of piperazine rings is 2. The lowest BCUT2D eigenvalue weighted by atomic mass is 9.79. The van der Waals surface area contributed by atoms with Crippen molar-refractivity contribution in [1.29, 1.82) is 0 Å². The molecule has 9 rings (SSSR count). The smallest absolute Gasteiger partial charge is 0.492 e. The summed E-state index contributed by atoms with van der Waals surface area (Å²) in [5.74, 6) is -0.426. The van der Waals surface area contributed by atoms with Crippen LogP contribution in [-0.4, -0.2) is 150 Å². The topological polar surface area (TPSA) is 108 Å². The third-order valence-corrected chi connectivity index (χ3v) is 15.3. The predicted octanol–water partition coefficient (Wildman–Crippen LogP) is 10.5. The molecule has 2 N–H and O–H groups in total. The number of ether oxygens (including phenoxy) is 2. The fourth-order valence-corrected chi connectivity index (χ4v) is 9.13. The first kappa shape index (κ1) is 66.0. The normalized spacial score (nSPS) is 16.0. The molecule has 0 aromatic heterocycles. The van der Waals surface area contributed by atoms with Crippen LogP contribution in [0.2, 0.25) is 0 Å². The van der Waals surface area contributed by atoms with Crippen molar-refractivity contribution in [2.24, 2.45) is 0 Å². The molecule has 2 amide bonds. The molecule has 0 saturated carbocycles. The van der Waals surface area contributed by atoms with E-state index >= 15 is 0 Å². The van der Waals surface area contributed by atoms with Crippen molar-refractivity contribution in [3.63, 3.8) is 0 Å². The Morgan fingerprint density at radius 1 is 0.590 bits per heavy atom. The van der Waals surface area contributed by atoms with Gasteiger partial charge in [0.1, 0.15) is 48.0 Å². The predicted molar refractivity (Wildman–Crippen MR) is 325 cm³/mol. The highest BCUT2D eigenvalue weighted by molar-refractivity contribution is 9.10. The van der Waals surface area contributed by atoms with E-state index in [4.69, 9.17) is 20.2 Å². The summed E-state index contributed by atoms with van der Waals surface area (Å²) in [5, 5.41) is 5.60. The van der Waals surface area contributed by atoms with Crippen LogP contribution in [0.3, 0.4) is 0 Å². The highest BCUT2D eigenvalue weighted by atomic mass is 79.9. The monoisotopic (exact) mass is 1220 g/mol. The van der Waals surface area contributed by atoms with E-state index in [1.165, 1.54) is 36.4 Å². The SMILES string of the molecule is C.CC1(C)OB(c2ccc(CC(=O)NCc3cccc(F)c3)cc2)OC1(C)C.CN1CCN(CCOc2ccc(-c3ccc(CC(=O)NCc4cccc(F)c4)cc3)c(F)c2)CC1.CN1CCN(CCOc2ccc(Br)c(F)c2)CC1.[2H]CF. The fraction of sp³-hybridized carbons (Fsp3) is 0.406. The molecule has 19 heteroatoms. The molecule has 3 aliphatic heterocycles. The van der Waals surface area contributed by atoms with Gasteiger partial charge in [-0.15, -0.1) is 0 Å². The number of amides is 2. The molecular formula is C64H81BBrF5N6O6. The standard InChI is InChI=1S/C28H31F2N3O2.C21H25BFNO3.C13H18BrFN2O.CH3F.CH4/c1-32-11-13-33(14-12-32)15-16-35-25-9-10-26(27(30)19-25)23-7-5-21(6-8-23)18-28(34)31-20-22-3-2-4-24(29)17-22;1-20(2)21(3,4)27-22(26-20)17-10-8-15(9-11-17)13-19(25)24-14-16-6-5-7-18(23)12-16;1-16-4-6-17(7-5-16)8-9-18-11-2-3-12(14)13(15)10-11;1-2;/h2-10,17,19H,11-16,18,20H2,1H3,(H,31,34);5-12H,13-14H2,1-4H3,(H,24,25);2-3,10H,4-9H2,1H3;1H3;1H4/i;;;1D;. The van der Waals surface area contributed by atoms with E-state index in [0.29, 0.717) is 46.9 Å². The van der Waals surface area contributed by atoms with Crippen LogP contribution in [0, 0.1) is 23.3 Å². The third kappa shape index (κ3) is 22.1.